The van der Waals surface area contributed by atoms with Gasteiger partial charge in [-0.15, -0.1) is 0 Å². The molecule has 1 saturated carbocycles. The van der Waals surface area contributed by atoms with Crippen LogP contribution >= 0.6 is 0 Å². The molecule has 1 aromatic carbocycles. The Bertz CT molecular complexity index is 345. The molecule has 0 unspecified atom stereocenters. The quantitative estimate of drug-likeness (QED) is 0.732. The van der Waals surface area contributed by atoms with Crippen LogP contribution in [0.2, 0.25) is 0 Å². The summed E-state index contributed by atoms with van der Waals surface area (Å²) in [6.45, 7) is 5.98. The Morgan fingerprint density at radius 3 is 2.76 bits per heavy atom. The summed E-state index contributed by atoms with van der Waals surface area (Å²) in [4.78, 5) is 2.61. The average molecular weight is 232 g/mol. The number of hydrogen-bond acceptors (Lipinski definition) is 2. The minimum atomic E-state index is 0.881. The molecule has 0 radical (unpaired) electrons. The van der Waals surface area contributed by atoms with Crippen LogP contribution in [0.3, 0.4) is 0 Å². The van der Waals surface area contributed by atoms with Crippen molar-refractivity contribution in [2.45, 2.75) is 32.6 Å². The Balaban J connectivity index is 1.80. The lowest BCUT2D eigenvalue weighted by molar-refractivity contribution is 0.266. The molecule has 2 rings (SSSR count). The zero-order valence-corrected chi connectivity index (χ0v) is 10.9. The SMILES string of the molecule is CCCN(CCc1cccc(N)c1)CC1CC1. The molecule has 0 atom stereocenters. The number of nitrogens with zero attached hydrogens (tertiary/aromatic N) is 1. The van der Waals surface area contributed by atoms with Crippen LogP contribution in [-0.4, -0.2) is 24.5 Å². The standard InChI is InChI=1S/C15H24N2/c1-2-9-17(12-14-6-7-14)10-8-13-4-3-5-15(16)11-13/h3-5,11,14H,2,6-10,12,16H2,1H3. The first-order valence-electron chi connectivity index (χ1n) is 6.84. The van der Waals surface area contributed by atoms with Gasteiger partial charge in [-0.25, -0.2) is 0 Å². The van der Waals surface area contributed by atoms with Gasteiger partial charge in [-0.2, -0.15) is 0 Å². The molecule has 0 heterocycles. The smallest absolute Gasteiger partial charge is 0.0316 e. The van der Waals surface area contributed by atoms with Crippen molar-refractivity contribution in [2.75, 3.05) is 25.4 Å². The number of hydrogen-bond donors (Lipinski definition) is 1. The molecule has 0 aliphatic heterocycles. The number of nitrogen functional groups attached to an aromatic ring is 1. The van der Waals surface area contributed by atoms with Crippen molar-refractivity contribution >= 4 is 5.69 Å². The van der Waals surface area contributed by atoms with Crippen molar-refractivity contribution in [3.05, 3.63) is 29.8 Å². The molecule has 0 aromatic heterocycles. The molecule has 0 amide bonds. The maximum atomic E-state index is 5.80. The van der Waals surface area contributed by atoms with E-state index in [0.717, 1.165) is 18.0 Å². The molecular weight excluding hydrogens is 208 g/mol. The Labute approximate surface area is 105 Å². The van der Waals surface area contributed by atoms with Gasteiger partial charge in [0.05, 0.1) is 0 Å². The molecule has 1 aliphatic carbocycles. The third kappa shape index (κ3) is 4.39. The molecule has 0 spiro atoms. The van der Waals surface area contributed by atoms with Gasteiger partial charge in [0.25, 0.3) is 0 Å². The van der Waals surface area contributed by atoms with E-state index < -0.39 is 0 Å². The van der Waals surface area contributed by atoms with E-state index in [9.17, 15) is 0 Å². The van der Waals surface area contributed by atoms with Crippen LogP contribution in [0.4, 0.5) is 5.69 Å². The van der Waals surface area contributed by atoms with E-state index >= 15 is 0 Å². The van der Waals surface area contributed by atoms with Crippen molar-refractivity contribution < 1.29 is 0 Å². The summed E-state index contributed by atoms with van der Waals surface area (Å²) in [5.74, 6) is 0.988. The van der Waals surface area contributed by atoms with Crippen LogP contribution in [0.25, 0.3) is 0 Å². The van der Waals surface area contributed by atoms with Gasteiger partial charge < -0.3 is 10.6 Å². The first-order valence-corrected chi connectivity index (χ1v) is 6.84. The van der Waals surface area contributed by atoms with E-state index in [2.05, 4.69) is 30.0 Å². The van der Waals surface area contributed by atoms with Gasteiger partial charge in [0.2, 0.25) is 0 Å². The van der Waals surface area contributed by atoms with Crippen LogP contribution in [0.5, 0.6) is 0 Å². The molecule has 94 valence electrons. The van der Waals surface area contributed by atoms with E-state index in [0.29, 0.717) is 0 Å². The zero-order chi connectivity index (χ0) is 12.1. The second kappa shape index (κ2) is 6.06. The molecule has 17 heavy (non-hydrogen) atoms. The Kier molecular flexibility index (Phi) is 4.43. The summed E-state index contributed by atoms with van der Waals surface area (Å²) in [7, 11) is 0. The van der Waals surface area contributed by atoms with Crippen LogP contribution in [-0.2, 0) is 6.42 Å². The van der Waals surface area contributed by atoms with Gasteiger partial charge in [0.1, 0.15) is 0 Å². The molecule has 2 N–H and O–H groups in total. The first-order chi connectivity index (χ1) is 8.28. The van der Waals surface area contributed by atoms with Gasteiger partial charge in [-0.05, 0) is 55.8 Å². The fraction of sp³-hybridized carbons (Fsp3) is 0.600. The fourth-order valence-electron chi connectivity index (χ4n) is 2.31. The van der Waals surface area contributed by atoms with Gasteiger partial charge >= 0.3 is 0 Å². The van der Waals surface area contributed by atoms with Crippen molar-refractivity contribution in [1.82, 2.24) is 4.90 Å². The van der Waals surface area contributed by atoms with Crippen molar-refractivity contribution in [2.24, 2.45) is 5.92 Å². The minimum absolute atomic E-state index is 0.881. The predicted octanol–water partition coefficient (Wildman–Crippen LogP) is 2.93. The van der Waals surface area contributed by atoms with Crippen molar-refractivity contribution in [3.63, 3.8) is 0 Å². The highest BCUT2D eigenvalue weighted by Gasteiger charge is 2.23. The van der Waals surface area contributed by atoms with E-state index in [1.54, 1.807) is 0 Å². The summed E-state index contributed by atoms with van der Waals surface area (Å²) < 4.78 is 0. The summed E-state index contributed by atoms with van der Waals surface area (Å²) in [5.41, 5.74) is 8.04. The average Bonchev–Trinajstić information content (AvgIpc) is 3.10. The van der Waals surface area contributed by atoms with Crippen LogP contribution in [0.15, 0.2) is 24.3 Å². The molecule has 1 aliphatic rings. The summed E-state index contributed by atoms with van der Waals surface area (Å²) in [5, 5.41) is 0. The minimum Gasteiger partial charge on any atom is -0.399 e. The molecule has 2 heteroatoms. The van der Waals surface area contributed by atoms with Crippen LogP contribution in [0.1, 0.15) is 31.7 Å². The van der Waals surface area contributed by atoms with E-state index in [1.165, 1.54) is 44.5 Å². The zero-order valence-electron chi connectivity index (χ0n) is 10.9. The largest absolute Gasteiger partial charge is 0.399 e. The summed E-state index contributed by atoms with van der Waals surface area (Å²) in [6.07, 6.45) is 5.26. The second-order valence-electron chi connectivity index (χ2n) is 5.24. The molecule has 1 aromatic rings. The van der Waals surface area contributed by atoms with Gasteiger partial charge in [0.15, 0.2) is 0 Å². The number of nitrogens with two attached hydrogens (primary N) is 1. The third-order valence-corrected chi connectivity index (χ3v) is 3.42. The molecule has 0 bridgehead atoms. The van der Waals surface area contributed by atoms with Crippen molar-refractivity contribution in [3.8, 4) is 0 Å². The number of rotatable bonds is 7. The predicted molar refractivity (Wildman–Crippen MR) is 74.0 cm³/mol. The third-order valence-electron chi connectivity index (χ3n) is 3.42. The summed E-state index contributed by atoms with van der Waals surface area (Å²) in [6, 6.07) is 8.28. The van der Waals surface area contributed by atoms with Crippen LogP contribution < -0.4 is 5.73 Å². The van der Waals surface area contributed by atoms with E-state index in [1.807, 2.05) is 6.07 Å². The Morgan fingerprint density at radius 2 is 2.12 bits per heavy atom. The van der Waals surface area contributed by atoms with Gasteiger partial charge in [-0.3, -0.25) is 0 Å². The molecule has 1 fully saturated rings. The summed E-state index contributed by atoms with van der Waals surface area (Å²) >= 11 is 0. The van der Waals surface area contributed by atoms with Crippen LogP contribution in [0, 0.1) is 5.92 Å². The highest BCUT2D eigenvalue weighted by molar-refractivity contribution is 5.40. The lowest BCUT2D eigenvalue weighted by atomic mass is 10.1. The van der Waals surface area contributed by atoms with Gasteiger partial charge in [0, 0.05) is 18.8 Å². The normalized spacial score (nSPS) is 15.4. The number of anilines is 1. The Hall–Kier alpha value is -1.02. The highest BCUT2D eigenvalue weighted by Crippen LogP contribution is 2.29. The lowest BCUT2D eigenvalue weighted by Gasteiger charge is -2.21. The molecular formula is C15H24N2. The second-order valence-corrected chi connectivity index (χ2v) is 5.24. The topological polar surface area (TPSA) is 29.3 Å². The fourth-order valence-corrected chi connectivity index (χ4v) is 2.31. The molecule has 2 nitrogen and oxygen atoms in total. The van der Waals surface area contributed by atoms with E-state index in [4.69, 9.17) is 5.73 Å². The maximum Gasteiger partial charge on any atom is 0.0316 e. The molecule has 0 saturated heterocycles. The highest BCUT2D eigenvalue weighted by atomic mass is 15.1. The number of benzene rings is 1. The van der Waals surface area contributed by atoms with E-state index in [-0.39, 0.29) is 0 Å². The Morgan fingerprint density at radius 1 is 1.29 bits per heavy atom. The van der Waals surface area contributed by atoms with Gasteiger partial charge in [-0.1, -0.05) is 19.1 Å². The van der Waals surface area contributed by atoms with Crippen molar-refractivity contribution in [1.29, 1.82) is 0 Å². The first kappa shape index (κ1) is 12.4. The lowest BCUT2D eigenvalue weighted by Crippen LogP contribution is -2.29. The maximum absolute atomic E-state index is 5.80. The monoisotopic (exact) mass is 232 g/mol.